The summed E-state index contributed by atoms with van der Waals surface area (Å²) in [6, 6.07) is 0. The normalized spacial score (nSPS) is 12.9. The Morgan fingerprint density at radius 3 is 1.14 bits per heavy atom. The van der Waals surface area contributed by atoms with E-state index in [0.29, 0.717) is 12.8 Å². The number of carbonyl (C=O) groups excluding carboxylic acids is 3. The van der Waals surface area contributed by atoms with Crippen LogP contribution in [0, 0.1) is 0 Å². The maximum atomic E-state index is 12.8. The third-order valence-corrected chi connectivity index (χ3v) is 10.9. The number of allylic oxidation sites excluding steroid dienone is 16. The first kappa shape index (κ1) is 60.3. The molecule has 0 amide bonds. The van der Waals surface area contributed by atoms with Gasteiger partial charge in [0.1, 0.15) is 13.2 Å². The van der Waals surface area contributed by atoms with Gasteiger partial charge in [0, 0.05) is 19.3 Å². The zero-order valence-electron chi connectivity index (χ0n) is 41.5. The largest absolute Gasteiger partial charge is 0.462 e. The number of rotatable bonds is 46. The van der Waals surface area contributed by atoms with Gasteiger partial charge in [-0.3, -0.25) is 14.4 Å². The van der Waals surface area contributed by atoms with Gasteiger partial charge in [0.25, 0.3) is 0 Å². The van der Waals surface area contributed by atoms with E-state index in [-0.39, 0.29) is 37.5 Å². The smallest absolute Gasteiger partial charge is 0.306 e. The highest BCUT2D eigenvalue weighted by molar-refractivity contribution is 5.71. The summed E-state index contributed by atoms with van der Waals surface area (Å²) in [5.41, 5.74) is 0. The monoisotopic (exact) mass is 889 g/mol. The molecular weight excluding hydrogens is 793 g/mol. The predicted molar refractivity (Wildman–Crippen MR) is 274 cm³/mol. The van der Waals surface area contributed by atoms with Crippen LogP contribution in [0.3, 0.4) is 0 Å². The van der Waals surface area contributed by atoms with Gasteiger partial charge in [0.2, 0.25) is 0 Å². The molecular formula is C58H96O6. The molecule has 0 bridgehead atoms. The molecule has 364 valence electrons. The molecule has 0 heterocycles. The van der Waals surface area contributed by atoms with Crippen molar-refractivity contribution in [1.29, 1.82) is 0 Å². The number of unbranched alkanes of at least 4 members (excludes halogenated alkanes) is 21. The highest BCUT2D eigenvalue weighted by Crippen LogP contribution is 2.13. The van der Waals surface area contributed by atoms with Crippen LogP contribution in [-0.4, -0.2) is 37.2 Å². The van der Waals surface area contributed by atoms with E-state index in [1.807, 2.05) is 0 Å². The third kappa shape index (κ3) is 49.3. The Kier molecular flexibility index (Phi) is 49.0. The van der Waals surface area contributed by atoms with Crippen molar-refractivity contribution >= 4 is 17.9 Å². The summed E-state index contributed by atoms with van der Waals surface area (Å²) in [5.74, 6) is -0.966. The SMILES string of the molecule is CC/C=C\C/C=C\C/C=C\C/C=C\CCCCCC(=O)OC(COC(=O)CCCCCCC\C=C/C=C\C=C/CCCCCCC)COC(=O)CCCCCCC/C=C\CCCCC. The zero-order chi connectivity index (χ0) is 46.5. The maximum absolute atomic E-state index is 12.8. The molecule has 0 aliphatic rings. The first-order valence-electron chi connectivity index (χ1n) is 26.3. The standard InChI is InChI=1S/C58H96O6/c1-4-7-10-13-16-19-22-25-27-29-30-32-33-36-39-42-45-48-51-57(60)63-54-55(53-62-56(59)50-47-44-41-38-35-24-21-18-15-12-9-6-3)64-58(61)52-49-46-43-40-37-34-31-28-26-23-20-17-14-11-8-5-2/h8,11,17-18,20-22,25-30,32,34,37,55H,4-7,9-10,12-16,19,23-24,31,33,35-36,38-54H2,1-3H3/b11-8-,20-17-,21-18-,25-22-,28-26-,29-27-,32-30-,37-34-. The predicted octanol–water partition coefficient (Wildman–Crippen LogP) is 17.4. The van der Waals surface area contributed by atoms with Crippen molar-refractivity contribution in [3.8, 4) is 0 Å². The minimum absolute atomic E-state index is 0.103. The molecule has 0 aromatic rings. The average molecular weight is 889 g/mol. The Labute approximate surface area is 394 Å². The molecule has 0 N–H and O–H groups in total. The zero-order valence-corrected chi connectivity index (χ0v) is 41.5. The summed E-state index contributed by atoms with van der Waals surface area (Å²) in [5, 5.41) is 0. The van der Waals surface area contributed by atoms with Gasteiger partial charge in [-0.25, -0.2) is 0 Å². The van der Waals surface area contributed by atoms with Crippen LogP contribution in [0.4, 0.5) is 0 Å². The molecule has 1 atom stereocenters. The van der Waals surface area contributed by atoms with Gasteiger partial charge in [-0.2, -0.15) is 0 Å². The van der Waals surface area contributed by atoms with Crippen LogP contribution in [0.5, 0.6) is 0 Å². The van der Waals surface area contributed by atoms with Crippen molar-refractivity contribution in [2.45, 2.75) is 239 Å². The second kappa shape index (κ2) is 52.0. The molecule has 0 aromatic carbocycles. The Bertz CT molecular complexity index is 1300. The second-order valence-electron chi connectivity index (χ2n) is 17.1. The van der Waals surface area contributed by atoms with Crippen molar-refractivity contribution in [2.24, 2.45) is 0 Å². The van der Waals surface area contributed by atoms with Gasteiger partial charge in [0.05, 0.1) is 0 Å². The lowest BCUT2D eigenvalue weighted by molar-refractivity contribution is -0.167. The van der Waals surface area contributed by atoms with Crippen molar-refractivity contribution < 1.29 is 28.6 Å². The Hall–Kier alpha value is -3.67. The van der Waals surface area contributed by atoms with Gasteiger partial charge >= 0.3 is 17.9 Å². The van der Waals surface area contributed by atoms with E-state index in [1.54, 1.807) is 0 Å². The number of carbonyl (C=O) groups is 3. The molecule has 0 rings (SSSR count). The summed E-state index contributed by atoms with van der Waals surface area (Å²) in [6.07, 6.45) is 68.1. The summed E-state index contributed by atoms with van der Waals surface area (Å²) < 4.78 is 16.8. The van der Waals surface area contributed by atoms with Crippen molar-refractivity contribution in [2.75, 3.05) is 13.2 Å². The number of hydrogen-bond donors (Lipinski definition) is 0. The quantitative estimate of drug-likeness (QED) is 0.0199. The van der Waals surface area contributed by atoms with Crippen LogP contribution >= 0.6 is 0 Å². The fraction of sp³-hybridized carbons (Fsp3) is 0.672. The van der Waals surface area contributed by atoms with E-state index >= 15 is 0 Å². The number of hydrogen-bond acceptors (Lipinski definition) is 6. The minimum atomic E-state index is -0.806. The van der Waals surface area contributed by atoms with E-state index in [0.717, 1.165) is 128 Å². The molecule has 0 saturated carbocycles. The van der Waals surface area contributed by atoms with Gasteiger partial charge < -0.3 is 14.2 Å². The fourth-order valence-electron chi connectivity index (χ4n) is 6.90. The number of ether oxygens (including phenoxy) is 3. The Morgan fingerprint density at radius 2 is 0.672 bits per heavy atom. The van der Waals surface area contributed by atoms with Crippen LogP contribution in [-0.2, 0) is 28.6 Å². The lowest BCUT2D eigenvalue weighted by Crippen LogP contribution is -2.30. The van der Waals surface area contributed by atoms with Crippen LogP contribution in [0.15, 0.2) is 97.2 Å². The van der Waals surface area contributed by atoms with Gasteiger partial charge in [-0.05, 0) is 109 Å². The molecule has 0 fully saturated rings. The lowest BCUT2D eigenvalue weighted by atomic mass is 10.1. The minimum Gasteiger partial charge on any atom is -0.462 e. The summed E-state index contributed by atoms with van der Waals surface area (Å²) in [4.78, 5) is 38.0. The van der Waals surface area contributed by atoms with Crippen LogP contribution in [0.25, 0.3) is 0 Å². The van der Waals surface area contributed by atoms with Crippen molar-refractivity contribution in [3.05, 3.63) is 97.2 Å². The molecule has 0 saturated heterocycles. The molecule has 64 heavy (non-hydrogen) atoms. The second-order valence-corrected chi connectivity index (χ2v) is 17.1. The van der Waals surface area contributed by atoms with Crippen LogP contribution in [0.1, 0.15) is 233 Å². The topological polar surface area (TPSA) is 78.9 Å². The number of esters is 3. The molecule has 0 aromatic heterocycles. The third-order valence-electron chi connectivity index (χ3n) is 10.9. The van der Waals surface area contributed by atoms with Crippen molar-refractivity contribution in [3.63, 3.8) is 0 Å². The molecule has 6 nitrogen and oxygen atoms in total. The first-order chi connectivity index (χ1) is 31.5. The highest BCUT2D eigenvalue weighted by atomic mass is 16.6. The molecule has 0 aliphatic carbocycles. The highest BCUT2D eigenvalue weighted by Gasteiger charge is 2.19. The Morgan fingerprint density at radius 1 is 0.344 bits per heavy atom. The van der Waals surface area contributed by atoms with E-state index < -0.39 is 6.10 Å². The van der Waals surface area contributed by atoms with Gasteiger partial charge in [-0.15, -0.1) is 0 Å². The summed E-state index contributed by atoms with van der Waals surface area (Å²) >= 11 is 0. The van der Waals surface area contributed by atoms with Gasteiger partial charge in [-0.1, -0.05) is 201 Å². The fourth-order valence-corrected chi connectivity index (χ4v) is 6.90. The van der Waals surface area contributed by atoms with E-state index in [4.69, 9.17) is 14.2 Å². The molecule has 0 aliphatic heterocycles. The van der Waals surface area contributed by atoms with Gasteiger partial charge in [0.15, 0.2) is 6.10 Å². The molecule has 0 spiro atoms. The molecule has 1 unspecified atom stereocenters. The molecule has 6 heteroatoms. The first-order valence-corrected chi connectivity index (χ1v) is 26.3. The maximum Gasteiger partial charge on any atom is 0.306 e. The van der Waals surface area contributed by atoms with E-state index in [9.17, 15) is 14.4 Å². The van der Waals surface area contributed by atoms with E-state index in [2.05, 4.69) is 118 Å². The van der Waals surface area contributed by atoms with Crippen LogP contribution < -0.4 is 0 Å². The van der Waals surface area contributed by atoms with Crippen LogP contribution in [0.2, 0.25) is 0 Å². The van der Waals surface area contributed by atoms with Crippen molar-refractivity contribution in [1.82, 2.24) is 0 Å². The summed E-state index contributed by atoms with van der Waals surface area (Å²) in [7, 11) is 0. The summed E-state index contributed by atoms with van der Waals surface area (Å²) in [6.45, 7) is 6.42. The Balaban J connectivity index is 4.49. The molecule has 0 radical (unpaired) electrons. The average Bonchev–Trinajstić information content (AvgIpc) is 3.29. The van der Waals surface area contributed by atoms with E-state index in [1.165, 1.54) is 64.2 Å². The lowest BCUT2D eigenvalue weighted by Gasteiger charge is -2.18.